The molecule has 0 spiro atoms. The molecule has 0 radical (unpaired) electrons. The van der Waals surface area contributed by atoms with Gasteiger partial charge in [0.15, 0.2) is 5.13 Å². The lowest BCUT2D eigenvalue weighted by Crippen LogP contribution is -2.48. The quantitative estimate of drug-likeness (QED) is 0.215. The number of aromatic nitrogens is 3. The van der Waals surface area contributed by atoms with Crippen LogP contribution in [0.25, 0.3) is 10.9 Å². The van der Waals surface area contributed by atoms with Gasteiger partial charge in [-0.05, 0) is 43.5 Å². The standard InChI is InChI=1S/C34H41N9O5S/c1-22-30(49-34(39-22)42-15-17-48-18-16-42)33(47)43-14-5-4-11-37-31(45)27(19-23-20-38-25-8-3-2-7-24(23)25)41-32(46)26-9-6-10-28(40-26)35-12-13-36-29(44)21-43/h2-3,6-10,20,27,38H,4-5,11-19,21H2,1H3,(H,35,40)(H,36,44)(H,37,45)(H,41,46)/t27-/m0/s1. The van der Waals surface area contributed by atoms with E-state index in [-0.39, 0.29) is 42.9 Å². The average Bonchev–Trinajstić information content (AvgIpc) is 3.72. The molecule has 14 nitrogen and oxygen atoms in total. The zero-order valence-corrected chi connectivity index (χ0v) is 28.2. The van der Waals surface area contributed by atoms with Gasteiger partial charge in [-0.2, -0.15) is 0 Å². The van der Waals surface area contributed by atoms with Gasteiger partial charge in [0.05, 0.1) is 25.5 Å². The fourth-order valence-electron chi connectivity index (χ4n) is 5.87. The molecule has 1 atom stereocenters. The minimum atomic E-state index is -0.859. The van der Waals surface area contributed by atoms with E-state index in [0.29, 0.717) is 75.2 Å². The highest BCUT2D eigenvalue weighted by Gasteiger charge is 2.27. The molecular formula is C34H41N9O5S. The number of carbonyl (C=O) groups excluding carboxylic acids is 4. The summed E-state index contributed by atoms with van der Waals surface area (Å²) in [6.07, 6.45) is 3.23. The fourth-order valence-corrected chi connectivity index (χ4v) is 6.96. The number of nitrogens with one attached hydrogen (secondary N) is 5. The number of para-hydroxylation sites is 1. The predicted molar refractivity (Wildman–Crippen MR) is 187 cm³/mol. The van der Waals surface area contributed by atoms with Crippen molar-refractivity contribution < 1.29 is 23.9 Å². The van der Waals surface area contributed by atoms with Gasteiger partial charge < -0.3 is 40.8 Å². The number of aromatic amines is 1. The summed E-state index contributed by atoms with van der Waals surface area (Å²) >= 11 is 1.33. The second-order valence-electron chi connectivity index (χ2n) is 12.0. The second kappa shape index (κ2) is 15.9. The number of rotatable bonds is 4. The van der Waals surface area contributed by atoms with Gasteiger partial charge in [0.2, 0.25) is 11.8 Å². The van der Waals surface area contributed by atoms with Crippen molar-refractivity contribution in [2.45, 2.75) is 32.2 Å². The number of thiazole rings is 1. The molecule has 4 aromatic rings. The largest absolute Gasteiger partial charge is 0.378 e. The number of nitrogens with zero attached hydrogens (tertiary/aromatic N) is 4. The number of hydrogen-bond donors (Lipinski definition) is 5. The van der Waals surface area contributed by atoms with Crippen molar-refractivity contribution >= 4 is 56.8 Å². The van der Waals surface area contributed by atoms with E-state index in [0.717, 1.165) is 21.6 Å². The van der Waals surface area contributed by atoms with Crippen LogP contribution < -0.4 is 26.2 Å². The van der Waals surface area contributed by atoms with Crippen molar-refractivity contribution in [1.82, 2.24) is 35.8 Å². The number of carbonyl (C=O) groups is 4. The van der Waals surface area contributed by atoms with Gasteiger partial charge in [-0.1, -0.05) is 35.6 Å². The monoisotopic (exact) mass is 687 g/mol. The molecule has 3 aromatic heterocycles. The fraction of sp³-hybridized carbons (Fsp3) is 0.412. The first kappa shape index (κ1) is 33.9. The van der Waals surface area contributed by atoms with Gasteiger partial charge in [-0.15, -0.1) is 0 Å². The summed E-state index contributed by atoms with van der Waals surface area (Å²) in [6.45, 7) is 5.60. The highest BCUT2D eigenvalue weighted by molar-refractivity contribution is 7.17. The Bertz CT molecular complexity index is 1800. The van der Waals surface area contributed by atoms with E-state index in [1.807, 2.05) is 37.4 Å². The maximum Gasteiger partial charge on any atom is 0.270 e. The Morgan fingerprint density at radius 3 is 2.61 bits per heavy atom. The first-order valence-corrected chi connectivity index (χ1v) is 17.4. The number of morpholine rings is 1. The van der Waals surface area contributed by atoms with E-state index in [1.54, 1.807) is 23.1 Å². The third-order valence-electron chi connectivity index (χ3n) is 8.49. The number of fused-ring (bicyclic) bond motifs is 3. The summed E-state index contributed by atoms with van der Waals surface area (Å²) in [5.41, 5.74) is 2.63. The predicted octanol–water partition coefficient (Wildman–Crippen LogP) is 2.09. The molecule has 0 saturated carbocycles. The number of benzene rings is 1. The lowest BCUT2D eigenvalue weighted by molar-refractivity contribution is -0.123. The number of aryl methyl sites for hydroxylation is 1. The summed E-state index contributed by atoms with van der Waals surface area (Å²) < 4.78 is 5.46. The molecule has 2 aliphatic rings. The van der Waals surface area contributed by atoms with Crippen LogP contribution in [0.3, 0.4) is 0 Å². The van der Waals surface area contributed by atoms with Crippen molar-refractivity contribution in [1.29, 1.82) is 0 Å². The molecule has 4 amide bonds. The van der Waals surface area contributed by atoms with Gasteiger partial charge >= 0.3 is 0 Å². The summed E-state index contributed by atoms with van der Waals surface area (Å²) in [5.74, 6) is -0.891. The minimum Gasteiger partial charge on any atom is -0.378 e. The van der Waals surface area contributed by atoms with Crippen molar-refractivity contribution in [2.24, 2.45) is 0 Å². The maximum absolute atomic E-state index is 13.8. The molecule has 0 unspecified atom stereocenters. The third kappa shape index (κ3) is 8.53. The van der Waals surface area contributed by atoms with E-state index in [1.165, 1.54) is 11.3 Å². The Morgan fingerprint density at radius 1 is 0.939 bits per heavy atom. The molecule has 258 valence electrons. The number of anilines is 2. The van der Waals surface area contributed by atoms with Crippen LogP contribution in [0.15, 0.2) is 48.7 Å². The third-order valence-corrected chi connectivity index (χ3v) is 9.70. The van der Waals surface area contributed by atoms with Gasteiger partial charge in [0, 0.05) is 62.8 Å². The van der Waals surface area contributed by atoms with Crippen LogP contribution in [0.4, 0.5) is 10.9 Å². The lowest BCUT2D eigenvalue weighted by atomic mass is 10.0. The SMILES string of the molecule is Cc1nc(N2CCOCC2)sc1C(=O)N1CCCCNC(=O)[C@H](Cc2c[nH]c3ccccc23)NC(=O)c2cccc(n2)NCCNC(=O)C1. The maximum atomic E-state index is 13.8. The number of hydrogen-bond acceptors (Lipinski definition) is 10. The van der Waals surface area contributed by atoms with Crippen LogP contribution in [0, 0.1) is 6.92 Å². The van der Waals surface area contributed by atoms with E-state index < -0.39 is 11.9 Å². The normalized spacial score (nSPS) is 18.8. The highest BCUT2D eigenvalue weighted by atomic mass is 32.1. The zero-order valence-electron chi connectivity index (χ0n) is 27.4. The van der Waals surface area contributed by atoms with Crippen LogP contribution in [-0.2, 0) is 20.7 Å². The molecule has 0 aliphatic carbocycles. The van der Waals surface area contributed by atoms with E-state index >= 15 is 0 Å². The van der Waals surface area contributed by atoms with E-state index in [9.17, 15) is 19.2 Å². The van der Waals surface area contributed by atoms with Gasteiger partial charge in [-0.3, -0.25) is 19.2 Å². The summed E-state index contributed by atoms with van der Waals surface area (Å²) in [5, 5.41) is 13.6. The molecule has 5 N–H and O–H groups in total. The van der Waals surface area contributed by atoms with Crippen molar-refractivity contribution in [2.75, 3.05) is 69.2 Å². The Labute approximate surface area is 288 Å². The van der Waals surface area contributed by atoms with E-state index in [2.05, 4.69) is 41.1 Å². The average molecular weight is 688 g/mol. The topological polar surface area (TPSA) is 174 Å². The minimum absolute atomic E-state index is 0.117. The van der Waals surface area contributed by atoms with E-state index in [4.69, 9.17) is 4.74 Å². The van der Waals surface area contributed by atoms with Crippen LogP contribution in [0.5, 0.6) is 0 Å². The summed E-state index contributed by atoms with van der Waals surface area (Å²) in [7, 11) is 0. The van der Waals surface area contributed by atoms with Crippen molar-refractivity contribution in [3.05, 3.63) is 70.5 Å². The Morgan fingerprint density at radius 2 is 1.76 bits per heavy atom. The zero-order chi connectivity index (χ0) is 34.2. The molecule has 15 heteroatoms. The highest BCUT2D eigenvalue weighted by Crippen LogP contribution is 2.28. The first-order valence-electron chi connectivity index (χ1n) is 16.6. The summed E-state index contributed by atoms with van der Waals surface area (Å²) in [6, 6.07) is 12.0. The van der Waals surface area contributed by atoms with Gasteiger partial charge in [0.25, 0.3) is 11.8 Å². The number of pyridine rings is 1. The lowest BCUT2D eigenvalue weighted by Gasteiger charge is -2.26. The van der Waals surface area contributed by atoms with Crippen molar-refractivity contribution in [3.8, 4) is 0 Å². The molecule has 1 fully saturated rings. The molecule has 2 bridgehead atoms. The first-order chi connectivity index (χ1) is 23.9. The van der Waals surface area contributed by atoms with Crippen LogP contribution in [0.2, 0.25) is 0 Å². The second-order valence-corrected chi connectivity index (χ2v) is 13.0. The molecule has 5 heterocycles. The van der Waals surface area contributed by atoms with Crippen molar-refractivity contribution in [3.63, 3.8) is 0 Å². The molecule has 1 saturated heterocycles. The Kier molecular flexibility index (Phi) is 11.0. The van der Waals surface area contributed by atoms with Gasteiger partial charge in [0.1, 0.15) is 22.4 Å². The van der Waals surface area contributed by atoms with Crippen LogP contribution in [-0.4, -0.2) is 109 Å². The number of amides is 4. The molecule has 49 heavy (non-hydrogen) atoms. The Balaban J connectivity index is 1.18. The molecular weight excluding hydrogens is 646 g/mol. The smallest absolute Gasteiger partial charge is 0.270 e. The van der Waals surface area contributed by atoms with Crippen LogP contribution >= 0.6 is 11.3 Å². The van der Waals surface area contributed by atoms with Gasteiger partial charge in [-0.25, -0.2) is 9.97 Å². The molecule has 1 aromatic carbocycles. The number of H-pyrrole nitrogens is 1. The van der Waals surface area contributed by atoms with Crippen LogP contribution in [0.1, 0.15) is 44.3 Å². The molecule has 2 aliphatic heterocycles. The Hall–Kier alpha value is -5.02. The summed E-state index contributed by atoms with van der Waals surface area (Å²) in [4.78, 5) is 70.2. The molecule has 6 rings (SSSR count). The number of ether oxygens (including phenoxy) is 1.